The van der Waals surface area contributed by atoms with Crippen LogP contribution in [0, 0.1) is 20.8 Å². The highest BCUT2D eigenvalue weighted by Crippen LogP contribution is 2.29. The van der Waals surface area contributed by atoms with E-state index in [4.69, 9.17) is 0 Å². The smallest absolute Gasteiger partial charge is 0.264 e. The summed E-state index contributed by atoms with van der Waals surface area (Å²) < 4.78 is 28.9. The van der Waals surface area contributed by atoms with Crippen molar-refractivity contribution in [3.8, 4) is 0 Å². The summed E-state index contributed by atoms with van der Waals surface area (Å²) >= 11 is 0. The Balaban J connectivity index is 2.08. The fraction of sp³-hybridized carbons (Fsp3) is 0.333. The maximum atomic E-state index is 14.0. The van der Waals surface area contributed by atoms with Crippen LogP contribution in [0.5, 0.6) is 0 Å². The lowest BCUT2D eigenvalue weighted by molar-refractivity contribution is -0.139. The quantitative estimate of drug-likeness (QED) is 0.406. The number of aryl methyl sites for hydroxylation is 2. The molecule has 1 atom stereocenters. The van der Waals surface area contributed by atoms with Gasteiger partial charge in [0.25, 0.3) is 10.0 Å². The van der Waals surface area contributed by atoms with E-state index >= 15 is 0 Å². The number of amides is 2. The predicted octanol–water partition coefficient (Wildman–Crippen LogP) is 4.75. The minimum Gasteiger partial charge on any atom is -0.352 e. The summed E-state index contributed by atoms with van der Waals surface area (Å²) in [5.41, 5.74) is 3.96. The van der Waals surface area contributed by atoms with E-state index in [1.807, 2.05) is 65.0 Å². The molecule has 0 aliphatic carbocycles. The van der Waals surface area contributed by atoms with Gasteiger partial charge >= 0.3 is 0 Å². The summed E-state index contributed by atoms with van der Waals surface area (Å²) in [4.78, 5) is 28.5. The molecule has 0 heterocycles. The minimum absolute atomic E-state index is 0.0877. The molecule has 3 aromatic rings. The second-order valence-corrected chi connectivity index (χ2v) is 11.7. The van der Waals surface area contributed by atoms with Gasteiger partial charge in [0.1, 0.15) is 12.6 Å². The van der Waals surface area contributed by atoms with E-state index in [-0.39, 0.29) is 23.4 Å². The summed E-state index contributed by atoms with van der Waals surface area (Å²) in [7, 11) is -4.08. The highest BCUT2D eigenvalue weighted by Gasteiger charge is 2.33. The third kappa shape index (κ3) is 6.61. The molecular formula is C30H37N3O4S. The Labute approximate surface area is 226 Å². The molecule has 0 aliphatic rings. The summed E-state index contributed by atoms with van der Waals surface area (Å²) in [5, 5.41) is 2.87. The first-order chi connectivity index (χ1) is 17.9. The molecule has 0 aliphatic heterocycles. The van der Waals surface area contributed by atoms with Gasteiger partial charge in [-0.1, -0.05) is 54.6 Å². The summed E-state index contributed by atoms with van der Waals surface area (Å²) in [6.07, 6.45) is 0. The molecule has 3 rings (SSSR count). The van der Waals surface area contributed by atoms with E-state index in [9.17, 15) is 18.0 Å². The van der Waals surface area contributed by atoms with Crippen LogP contribution < -0.4 is 9.62 Å². The van der Waals surface area contributed by atoms with Crippen LogP contribution in [0.15, 0.2) is 77.7 Å². The SMILES string of the molecule is Cc1ccccc1CN(C(=O)CN(c1cccc(C)c1C)S(=O)(=O)c1ccccc1)[C@H](C)C(=O)NC(C)C. The topological polar surface area (TPSA) is 86.8 Å². The molecule has 0 fully saturated rings. The van der Waals surface area contributed by atoms with Gasteiger partial charge in [0.05, 0.1) is 10.6 Å². The van der Waals surface area contributed by atoms with Crippen molar-refractivity contribution in [3.63, 3.8) is 0 Å². The third-order valence-electron chi connectivity index (χ3n) is 6.65. The Kier molecular flexibility index (Phi) is 9.33. The average Bonchev–Trinajstić information content (AvgIpc) is 2.88. The summed E-state index contributed by atoms with van der Waals surface area (Å²) in [5.74, 6) is -0.772. The van der Waals surface area contributed by atoms with Crippen molar-refractivity contribution in [3.05, 3.63) is 95.1 Å². The zero-order valence-electron chi connectivity index (χ0n) is 22.9. The molecule has 202 valence electrons. The molecule has 2 amide bonds. The van der Waals surface area contributed by atoms with Gasteiger partial charge in [-0.05, 0) is 82.0 Å². The monoisotopic (exact) mass is 535 g/mol. The minimum atomic E-state index is -4.08. The number of benzene rings is 3. The first kappa shape index (κ1) is 28.9. The number of anilines is 1. The molecule has 1 N–H and O–H groups in total. The highest BCUT2D eigenvalue weighted by atomic mass is 32.2. The van der Waals surface area contributed by atoms with Gasteiger partial charge in [0.2, 0.25) is 11.8 Å². The Morgan fingerprint density at radius 1 is 0.816 bits per heavy atom. The summed E-state index contributed by atoms with van der Waals surface area (Å²) in [6, 6.07) is 20.2. The van der Waals surface area contributed by atoms with Gasteiger partial charge in [-0.15, -0.1) is 0 Å². The number of hydrogen-bond acceptors (Lipinski definition) is 4. The van der Waals surface area contributed by atoms with E-state index in [1.165, 1.54) is 17.0 Å². The van der Waals surface area contributed by atoms with Gasteiger partial charge in [-0.25, -0.2) is 8.42 Å². The van der Waals surface area contributed by atoms with Crippen LogP contribution in [0.25, 0.3) is 0 Å². The van der Waals surface area contributed by atoms with E-state index in [1.54, 1.807) is 37.3 Å². The lowest BCUT2D eigenvalue weighted by Crippen LogP contribution is -2.52. The van der Waals surface area contributed by atoms with Gasteiger partial charge in [-0.2, -0.15) is 0 Å². The standard InChI is InChI=1S/C30H37N3O4S/c1-21(2)31-30(35)25(6)32(19-26-15-11-10-13-23(26)4)29(34)20-33(28-18-12-14-22(3)24(28)5)38(36,37)27-16-8-7-9-17-27/h7-18,21,25H,19-20H2,1-6H3,(H,31,35)/t25-/m1/s1. The van der Waals surface area contributed by atoms with Gasteiger partial charge in [0, 0.05) is 12.6 Å². The van der Waals surface area contributed by atoms with E-state index in [2.05, 4.69) is 5.32 Å². The predicted molar refractivity (Wildman–Crippen MR) is 151 cm³/mol. The van der Waals surface area contributed by atoms with Crippen LogP contribution in [0.2, 0.25) is 0 Å². The van der Waals surface area contributed by atoms with Crippen molar-refractivity contribution < 1.29 is 18.0 Å². The number of rotatable bonds is 10. The van der Waals surface area contributed by atoms with Crippen molar-refractivity contribution in [1.29, 1.82) is 0 Å². The first-order valence-corrected chi connectivity index (χ1v) is 14.2. The number of sulfonamides is 1. The molecule has 0 spiro atoms. The van der Waals surface area contributed by atoms with Crippen LogP contribution in [-0.4, -0.2) is 43.8 Å². The zero-order valence-corrected chi connectivity index (χ0v) is 23.7. The Morgan fingerprint density at radius 3 is 2.05 bits per heavy atom. The maximum absolute atomic E-state index is 14.0. The molecule has 3 aromatic carbocycles. The first-order valence-electron chi connectivity index (χ1n) is 12.7. The zero-order chi connectivity index (χ0) is 28.0. The largest absolute Gasteiger partial charge is 0.352 e. The van der Waals surface area contributed by atoms with Crippen molar-refractivity contribution in [2.45, 2.75) is 65.1 Å². The number of hydrogen-bond donors (Lipinski definition) is 1. The van der Waals surface area contributed by atoms with Gasteiger partial charge in [0.15, 0.2) is 0 Å². The normalized spacial score (nSPS) is 12.2. The van der Waals surface area contributed by atoms with Gasteiger partial charge < -0.3 is 10.2 Å². The number of nitrogens with one attached hydrogen (secondary N) is 1. The van der Waals surface area contributed by atoms with Crippen LogP contribution in [0.4, 0.5) is 5.69 Å². The lowest BCUT2D eigenvalue weighted by atomic mass is 10.1. The molecule has 0 unspecified atom stereocenters. The maximum Gasteiger partial charge on any atom is 0.264 e. The van der Waals surface area contributed by atoms with Crippen molar-refractivity contribution >= 4 is 27.5 Å². The third-order valence-corrected chi connectivity index (χ3v) is 8.43. The molecule has 38 heavy (non-hydrogen) atoms. The van der Waals surface area contributed by atoms with Crippen molar-refractivity contribution in [1.82, 2.24) is 10.2 Å². The fourth-order valence-corrected chi connectivity index (χ4v) is 5.69. The van der Waals surface area contributed by atoms with E-state index < -0.39 is 28.5 Å². The fourth-order valence-electron chi connectivity index (χ4n) is 4.20. The van der Waals surface area contributed by atoms with Crippen molar-refractivity contribution in [2.75, 3.05) is 10.8 Å². The lowest BCUT2D eigenvalue weighted by Gasteiger charge is -2.33. The molecule has 0 bridgehead atoms. The Morgan fingerprint density at radius 2 is 1.42 bits per heavy atom. The molecule has 8 heteroatoms. The van der Waals surface area contributed by atoms with Crippen LogP contribution in [0.3, 0.4) is 0 Å². The Bertz CT molecular complexity index is 1390. The molecule has 0 saturated heterocycles. The molecule has 0 saturated carbocycles. The number of nitrogens with zero attached hydrogens (tertiary/aromatic N) is 2. The number of carbonyl (C=O) groups excluding carboxylic acids is 2. The van der Waals surface area contributed by atoms with Crippen LogP contribution >= 0.6 is 0 Å². The molecule has 7 nitrogen and oxygen atoms in total. The summed E-state index contributed by atoms with van der Waals surface area (Å²) in [6.45, 7) is 10.8. The number of carbonyl (C=O) groups is 2. The molecule has 0 radical (unpaired) electrons. The van der Waals surface area contributed by atoms with Crippen LogP contribution in [-0.2, 0) is 26.2 Å². The van der Waals surface area contributed by atoms with Crippen molar-refractivity contribution in [2.24, 2.45) is 0 Å². The molecular weight excluding hydrogens is 498 g/mol. The van der Waals surface area contributed by atoms with E-state index in [0.717, 1.165) is 26.6 Å². The second kappa shape index (κ2) is 12.3. The Hall–Kier alpha value is -3.65. The highest BCUT2D eigenvalue weighted by molar-refractivity contribution is 7.92. The van der Waals surface area contributed by atoms with E-state index in [0.29, 0.717) is 5.69 Å². The van der Waals surface area contributed by atoms with Crippen LogP contribution in [0.1, 0.15) is 43.0 Å². The van der Waals surface area contributed by atoms with Gasteiger partial charge in [-0.3, -0.25) is 13.9 Å². The molecule has 0 aromatic heterocycles. The second-order valence-electron chi connectivity index (χ2n) is 9.83. The average molecular weight is 536 g/mol.